The Morgan fingerprint density at radius 3 is 2.44 bits per heavy atom. The van der Waals surface area contributed by atoms with Crippen molar-refractivity contribution in [3.8, 4) is 11.4 Å². The van der Waals surface area contributed by atoms with Crippen LogP contribution in [0.1, 0.15) is 21.7 Å². The molecule has 6 heteroatoms. The van der Waals surface area contributed by atoms with Crippen molar-refractivity contribution in [2.45, 2.75) is 13.5 Å². The number of halogens is 2. The van der Waals surface area contributed by atoms with Gasteiger partial charge >= 0.3 is 5.97 Å². The standard InChI is InChI=1S/C19H16Cl2N2O2/c1-12-17(19(24)25-2)22-18(15-5-3-4-6-16(15)21)23(12)11-13-7-9-14(20)10-8-13/h3-10H,11H2,1-2H3. The molecule has 1 heterocycles. The van der Waals surface area contributed by atoms with Gasteiger partial charge in [-0.3, -0.25) is 0 Å². The van der Waals surface area contributed by atoms with Gasteiger partial charge in [-0.05, 0) is 36.8 Å². The second kappa shape index (κ2) is 7.30. The lowest BCUT2D eigenvalue weighted by atomic mass is 10.2. The molecule has 0 atom stereocenters. The van der Waals surface area contributed by atoms with Gasteiger partial charge in [0, 0.05) is 22.8 Å². The van der Waals surface area contributed by atoms with Crippen LogP contribution in [0, 0.1) is 6.92 Å². The third kappa shape index (κ3) is 3.55. The van der Waals surface area contributed by atoms with E-state index in [4.69, 9.17) is 27.9 Å². The molecule has 0 aliphatic carbocycles. The smallest absolute Gasteiger partial charge is 0.358 e. The summed E-state index contributed by atoms with van der Waals surface area (Å²) < 4.78 is 6.81. The maximum atomic E-state index is 12.1. The molecule has 1 aromatic heterocycles. The van der Waals surface area contributed by atoms with E-state index in [2.05, 4.69) is 4.98 Å². The van der Waals surface area contributed by atoms with Crippen molar-refractivity contribution in [1.29, 1.82) is 0 Å². The minimum Gasteiger partial charge on any atom is -0.464 e. The number of carbonyl (C=O) groups excluding carboxylic acids is 1. The molecule has 0 amide bonds. The van der Waals surface area contributed by atoms with E-state index in [9.17, 15) is 4.79 Å². The highest BCUT2D eigenvalue weighted by molar-refractivity contribution is 6.33. The number of hydrogen-bond donors (Lipinski definition) is 0. The highest BCUT2D eigenvalue weighted by atomic mass is 35.5. The van der Waals surface area contributed by atoms with Gasteiger partial charge < -0.3 is 9.30 Å². The van der Waals surface area contributed by atoms with Crippen molar-refractivity contribution in [2.24, 2.45) is 0 Å². The molecular weight excluding hydrogens is 359 g/mol. The highest BCUT2D eigenvalue weighted by Gasteiger charge is 2.22. The molecule has 3 aromatic rings. The van der Waals surface area contributed by atoms with Gasteiger partial charge in [0.05, 0.1) is 12.1 Å². The zero-order valence-corrected chi connectivity index (χ0v) is 15.3. The minimum absolute atomic E-state index is 0.284. The molecule has 25 heavy (non-hydrogen) atoms. The Bertz CT molecular complexity index is 918. The fourth-order valence-electron chi connectivity index (χ4n) is 2.64. The Morgan fingerprint density at radius 1 is 1.12 bits per heavy atom. The van der Waals surface area contributed by atoms with Gasteiger partial charge in [0.2, 0.25) is 0 Å². The summed E-state index contributed by atoms with van der Waals surface area (Å²) in [5.74, 6) is 0.152. The molecule has 0 aliphatic rings. The topological polar surface area (TPSA) is 44.1 Å². The normalized spacial score (nSPS) is 10.7. The molecule has 2 aromatic carbocycles. The lowest BCUT2D eigenvalue weighted by Gasteiger charge is -2.11. The molecule has 0 saturated heterocycles. The molecule has 3 rings (SSSR count). The molecule has 128 valence electrons. The van der Waals surface area contributed by atoms with Crippen LogP contribution in [-0.2, 0) is 11.3 Å². The number of rotatable bonds is 4. The fourth-order valence-corrected chi connectivity index (χ4v) is 2.98. The number of carbonyl (C=O) groups is 1. The number of esters is 1. The number of aromatic nitrogens is 2. The molecule has 0 saturated carbocycles. The van der Waals surface area contributed by atoms with Gasteiger partial charge in [0.1, 0.15) is 5.82 Å². The van der Waals surface area contributed by atoms with Crippen molar-refractivity contribution < 1.29 is 9.53 Å². The number of ether oxygens (including phenoxy) is 1. The van der Waals surface area contributed by atoms with Gasteiger partial charge in [-0.1, -0.05) is 47.5 Å². The molecular formula is C19H16Cl2N2O2. The van der Waals surface area contributed by atoms with Crippen LogP contribution in [0.25, 0.3) is 11.4 Å². The molecule has 4 nitrogen and oxygen atoms in total. The second-order valence-electron chi connectivity index (χ2n) is 5.55. The van der Waals surface area contributed by atoms with E-state index in [1.54, 1.807) is 6.07 Å². The highest BCUT2D eigenvalue weighted by Crippen LogP contribution is 2.29. The SMILES string of the molecule is COC(=O)c1nc(-c2ccccc2Cl)n(Cc2ccc(Cl)cc2)c1C. The first-order valence-corrected chi connectivity index (χ1v) is 8.41. The van der Waals surface area contributed by atoms with Gasteiger partial charge in [0.15, 0.2) is 5.69 Å². The van der Waals surface area contributed by atoms with Gasteiger partial charge in [-0.25, -0.2) is 9.78 Å². The van der Waals surface area contributed by atoms with Crippen molar-refractivity contribution in [3.05, 3.63) is 75.5 Å². The number of nitrogens with zero attached hydrogens (tertiary/aromatic N) is 2. The monoisotopic (exact) mass is 374 g/mol. The summed E-state index contributed by atoms with van der Waals surface area (Å²) in [6, 6.07) is 15.0. The Hall–Kier alpha value is -2.30. The number of methoxy groups -OCH3 is 1. The maximum absolute atomic E-state index is 12.1. The van der Waals surface area contributed by atoms with Crippen molar-refractivity contribution in [1.82, 2.24) is 9.55 Å². The van der Waals surface area contributed by atoms with E-state index < -0.39 is 5.97 Å². The lowest BCUT2D eigenvalue weighted by molar-refractivity contribution is 0.0593. The Labute approximate surface area is 156 Å². The van der Waals surface area contributed by atoms with Crippen LogP contribution >= 0.6 is 23.2 Å². The van der Waals surface area contributed by atoms with E-state index in [1.165, 1.54) is 7.11 Å². The van der Waals surface area contributed by atoms with Gasteiger partial charge in [0.25, 0.3) is 0 Å². The van der Waals surface area contributed by atoms with Crippen LogP contribution in [0.15, 0.2) is 48.5 Å². The van der Waals surface area contributed by atoms with Crippen molar-refractivity contribution >= 4 is 29.2 Å². The lowest BCUT2D eigenvalue weighted by Crippen LogP contribution is -2.07. The molecule has 0 bridgehead atoms. The summed E-state index contributed by atoms with van der Waals surface area (Å²) in [4.78, 5) is 16.6. The molecule has 0 N–H and O–H groups in total. The molecule has 0 unspecified atom stereocenters. The maximum Gasteiger partial charge on any atom is 0.358 e. The first-order chi connectivity index (χ1) is 12.0. The van der Waals surface area contributed by atoms with Crippen LogP contribution in [0.3, 0.4) is 0 Å². The molecule has 0 spiro atoms. The third-order valence-corrected chi connectivity index (χ3v) is 4.55. The predicted molar refractivity (Wildman–Crippen MR) is 99.3 cm³/mol. The molecule has 0 fully saturated rings. The number of hydrogen-bond acceptors (Lipinski definition) is 3. The average Bonchev–Trinajstić information content (AvgIpc) is 2.93. The summed E-state index contributed by atoms with van der Waals surface area (Å²) in [7, 11) is 1.34. The average molecular weight is 375 g/mol. The summed E-state index contributed by atoms with van der Waals surface area (Å²) in [5, 5.41) is 1.24. The van der Waals surface area contributed by atoms with E-state index in [0.717, 1.165) is 16.8 Å². The quantitative estimate of drug-likeness (QED) is 0.603. The summed E-state index contributed by atoms with van der Waals surface area (Å²) in [6.07, 6.45) is 0. The van der Waals surface area contributed by atoms with Crippen molar-refractivity contribution in [3.63, 3.8) is 0 Å². The van der Waals surface area contributed by atoms with E-state index in [0.29, 0.717) is 22.4 Å². The minimum atomic E-state index is -0.472. The fraction of sp³-hybridized carbons (Fsp3) is 0.158. The van der Waals surface area contributed by atoms with Gasteiger partial charge in [-0.15, -0.1) is 0 Å². The Balaban J connectivity index is 2.14. The summed E-state index contributed by atoms with van der Waals surface area (Å²) >= 11 is 12.3. The molecule has 0 radical (unpaired) electrons. The predicted octanol–water partition coefficient (Wildman–Crippen LogP) is 5.00. The first-order valence-electron chi connectivity index (χ1n) is 7.66. The summed E-state index contributed by atoms with van der Waals surface area (Å²) in [5.41, 5.74) is 2.80. The summed E-state index contributed by atoms with van der Waals surface area (Å²) in [6.45, 7) is 2.38. The van der Waals surface area contributed by atoms with Gasteiger partial charge in [-0.2, -0.15) is 0 Å². The first kappa shape index (κ1) is 17.5. The van der Waals surface area contributed by atoms with Crippen LogP contribution in [0.4, 0.5) is 0 Å². The Kier molecular flexibility index (Phi) is 5.11. The van der Waals surface area contributed by atoms with Crippen molar-refractivity contribution in [2.75, 3.05) is 7.11 Å². The van der Waals surface area contributed by atoms with E-state index in [1.807, 2.05) is 54.0 Å². The van der Waals surface area contributed by atoms with E-state index >= 15 is 0 Å². The zero-order chi connectivity index (χ0) is 18.0. The third-order valence-electron chi connectivity index (χ3n) is 3.97. The zero-order valence-electron chi connectivity index (χ0n) is 13.8. The van der Waals surface area contributed by atoms with Crippen LogP contribution in [0.2, 0.25) is 10.0 Å². The van der Waals surface area contributed by atoms with Crippen LogP contribution in [-0.4, -0.2) is 22.6 Å². The molecule has 0 aliphatic heterocycles. The van der Waals surface area contributed by atoms with Crippen LogP contribution in [0.5, 0.6) is 0 Å². The second-order valence-corrected chi connectivity index (χ2v) is 6.40. The number of imidazole rings is 1. The van der Waals surface area contributed by atoms with E-state index in [-0.39, 0.29) is 5.69 Å². The Morgan fingerprint density at radius 2 is 1.80 bits per heavy atom. The largest absolute Gasteiger partial charge is 0.464 e. The number of benzene rings is 2. The van der Waals surface area contributed by atoms with Crippen LogP contribution < -0.4 is 0 Å².